The lowest BCUT2D eigenvalue weighted by Gasteiger charge is -2.35. The molecule has 0 aromatic heterocycles. The minimum Gasteiger partial charge on any atom is -0.376 e. The Morgan fingerprint density at radius 1 is 1.35 bits per heavy atom. The number of rotatable bonds is 7. The lowest BCUT2D eigenvalue weighted by atomic mass is 9.97. The Balaban J connectivity index is 2.33. The van der Waals surface area contributed by atoms with Gasteiger partial charge in [0.05, 0.1) is 18.8 Å². The first-order valence-electron chi connectivity index (χ1n) is 7.02. The third kappa shape index (κ3) is 5.36. The summed E-state index contributed by atoms with van der Waals surface area (Å²) in [5.41, 5.74) is 0. The average molecular weight is 244 g/mol. The van der Waals surface area contributed by atoms with Crippen molar-refractivity contribution in [1.29, 1.82) is 0 Å². The fourth-order valence-corrected chi connectivity index (χ4v) is 2.31. The molecule has 1 rings (SSSR count). The molecule has 0 bridgehead atoms. The minimum atomic E-state index is 0.116. The van der Waals surface area contributed by atoms with Crippen LogP contribution in [0.15, 0.2) is 0 Å². The molecular weight excluding hydrogens is 216 g/mol. The zero-order valence-electron chi connectivity index (χ0n) is 11.8. The predicted molar refractivity (Wildman–Crippen MR) is 69.3 cm³/mol. The van der Waals surface area contributed by atoms with E-state index in [1.54, 1.807) is 0 Å². The minimum absolute atomic E-state index is 0.116. The summed E-state index contributed by atoms with van der Waals surface area (Å²) in [6.45, 7) is 10.8. The third-order valence-corrected chi connectivity index (χ3v) is 3.27. The Bertz CT molecular complexity index is 196. The van der Waals surface area contributed by atoms with Crippen molar-refractivity contribution in [2.45, 2.75) is 65.3 Å². The zero-order valence-corrected chi connectivity index (χ0v) is 11.8. The van der Waals surface area contributed by atoms with Crippen LogP contribution in [-0.2, 0) is 14.2 Å². The molecule has 0 aromatic carbocycles. The van der Waals surface area contributed by atoms with E-state index in [-0.39, 0.29) is 12.2 Å². The van der Waals surface area contributed by atoms with E-state index < -0.39 is 0 Å². The first-order valence-corrected chi connectivity index (χ1v) is 7.02. The fourth-order valence-electron chi connectivity index (χ4n) is 2.31. The maximum atomic E-state index is 5.83. The van der Waals surface area contributed by atoms with Crippen LogP contribution in [-0.4, -0.2) is 38.1 Å². The van der Waals surface area contributed by atoms with Crippen molar-refractivity contribution in [2.75, 3.05) is 19.8 Å². The van der Waals surface area contributed by atoms with Gasteiger partial charge in [-0.05, 0) is 32.6 Å². The summed E-state index contributed by atoms with van der Waals surface area (Å²) in [7, 11) is 0. The summed E-state index contributed by atoms with van der Waals surface area (Å²) >= 11 is 0. The molecule has 4 unspecified atom stereocenters. The van der Waals surface area contributed by atoms with E-state index in [0.717, 1.165) is 26.1 Å². The highest BCUT2D eigenvalue weighted by molar-refractivity contribution is 4.78. The smallest absolute Gasteiger partial charge is 0.107 e. The SMILES string of the molecule is CCCC(C)OCC1OCC(C)CC1OCC. The van der Waals surface area contributed by atoms with E-state index in [1.165, 1.54) is 6.42 Å². The predicted octanol–water partition coefficient (Wildman–Crippen LogP) is 3.02. The molecule has 1 heterocycles. The van der Waals surface area contributed by atoms with Gasteiger partial charge in [-0.25, -0.2) is 0 Å². The van der Waals surface area contributed by atoms with Gasteiger partial charge in [-0.2, -0.15) is 0 Å². The Kier molecular flexibility index (Phi) is 7.09. The molecule has 4 atom stereocenters. The largest absolute Gasteiger partial charge is 0.376 e. The lowest BCUT2D eigenvalue weighted by Crippen LogP contribution is -2.43. The van der Waals surface area contributed by atoms with Gasteiger partial charge in [0.2, 0.25) is 0 Å². The average Bonchev–Trinajstić information content (AvgIpc) is 2.29. The van der Waals surface area contributed by atoms with Crippen LogP contribution in [0.1, 0.15) is 47.0 Å². The van der Waals surface area contributed by atoms with Gasteiger partial charge in [-0.3, -0.25) is 0 Å². The Labute approximate surface area is 106 Å². The summed E-state index contributed by atoms with van der Waals surface area (Å²) in [5.74, 6) is 0.593. The highest BCUT2D eigenvalue weighted by Crippen LogP contribution is 2.22. The van der Waals surface area contributed by atoms with Crippen molar-refractivity contribution < 1.29 is 14.2 Å². The van der Waals surface area contributed by atoms with E-state index in [1.807, 2.05) is 6.92 Å². The van der Waals surface area contributed by atoms with E-state index in [2.05, 4.69) is 20.8 Å². The van der Waals surface area contributed by atoms with Gasteiger partial charge >= 0.3 is 0 Å². The van der Waals surface area contributed by atoms with Crippen molar-refractivity contribution in [3.05, 3.63) is 0 Å². The molecule has 0 N–H and O–H groups in total. The maximum absolute atomic E-state index is 5.83. The maximum Gasteiger partial charge on any atom is 0.107 e. The van der Waals surface area contributed by atoms with Crippen LogP contribution in [0, 0.1) is 5.92 Å². The second kappa shape index (κ2) is 8.06. The molecule has 0 amide bonds. The van der Waals surface area contributed by atoms with Gasteiger partial charge in [0.25, 0.3) is 0 Å². The molecule has 0 spiro atoms. The van der Waals surface area contributed by atoms with Gasteiger partial charge in [0, 0.05) is 13.2 Å². The molecule has 102 valence electrons. The van der Waals surface area contributed by atoms with Crippen LogP contribution < -0.4 is 0 Å². The monoisotopic (exact) mass is 244 g/mol. The zero-order chi connectivity index (χ0) is 12.7. The number of ether oxygens (including phenoxy) is 3. The molecule has 17 heavy (non-hydrogen) atoms. The van der Waals surface area contributed by atoms with Crippen LogP contribution in [0.25, 0.3) is 0 Å². The third-order valence-electron chi connectivity index (χ3n) is 3.27. The fraction of sp³-hybridized carbons (Fsp3) is 1.00. The number of hydrogen-bond acceptors (Lipinski definition) is 3. The topological polar surface area (TPSA) is 27.7 Å². The van der Waals surface area contributed by atoms with Crippen LogP contribution in [0.3, 0.4) is 0 Å². The van der Waals surface area contributed by atoms with Gasteiger partial charge < -0.3 is 14.2 Å². The van der Waals surface area contributed by atoms with Gasteiger partial charge in [0.15, 0.2) is 0 Å². The Morgan fingerprint density at radius 3 is 2.76 bits per heavy atom. The van der Waals surface area contributed by atoms with Crippen molar-refractivity contribution in [3.63, 3.8) is 0 Å². The first-order chi connectivity index (χ1) is 8.17. The van der Waals surface area contributed by atoms with E-state index in [9.17, 15) is 0 Å². The quantitative estimate of drug-likeness (QED) is 0.689. The summed E-state index contributed by atoms with van der Waals surface area (Å²) in [4.78, 5) is 0. The molecule has 0 aromatic rings. The highest BCUT2D eigenvalue weighted by atomic mass is 16.6. The Morgan fingerprint density at radius 2 is 2.12 bits per heavy atom. The van der Waals surface area contributed by atoms with Crippen LogP contribution in [0.2, 0.25) is 0 Å². The molecule has 3 nitrogen and oxygen atoms in total. The highest BCUT2D eigenvalue weighted by Gasteiger charge is 2.30. The molecule has 0 radical (unpaired) electrons. The van der Waals surface area contributed by atoms with Crippen molar-refractivity contribution >= 4 is 0 Å². The normalized spacial score (nSPS) is 31.4. The van der Waals surface area contributed by atoms with Crippen LogP contribution >= 0.6 is 0 Å². The molecule has 1 aliphatic rings. The molecule has 1 saturated heterocycles. The standard InChI is InChI=1S/C14H28O3/c1-5-7-12(4)16-10-14-13(15-6-2)8-11(3)9-17-14/h11-14H,5-10H2,1-4H3. The van der Waals surface area contributed by atoms with Gasteiger partial charge in [-0.15, -0.1) is 0 Å². The van der Waals surface area contributed by atoms with Crippen LogP contribution in [0.4, 0.5) is 0 Å². The molecule has 0 saturated carbocycles. The number of hydrogen-bond donors (Lipinski definition) is 0. The van der Waals surface area contributed by atoms with Crippen molar-refractivity contribution in [3.8, 4) is 0 Å². The van der Waals surface area contributed by atoms with Crippen molar-refractivity contribution in [2.24, 2.45) is 5.92 Å². The summed E-state index contributed by atoms with van der Waals surface area (Å²) < 4.78 is 17.4. The lowest BCUT2D eigenvalue weighted by molar-refractivity contribution is -0.150. The molecule has 3 heteroatoms. The van der Waals surface area contributed by atoms with Gasteiger partial charge in [0.1, 0.15) is 6.10 Å². The molecular formula is C14H28O3. The van der Waals surface area contributed by atoms with E-state index >= 15 is 0 Å². The second-order valence-corrected chi connectivity index (χ2v) is 5.14. The summed E-state index contributed by atoms with van der Waals surface area (Å²) in [6.07, 6.45) is 4.01. The first kappa shape index (κ1) is 14.9. The second-order valence-electron chi connectivity index (χ2n) is 5.14. The molecule has 1 aliphatic heterocycles. The van der Waals surface area contributed by atoms with E-state index in [4.69, 9.17) is 14.2 Å². The van der Waals surface area contributed by atoms with Gasteiger partial charge in [-0.1, -0.05) is 20.3 Å². The molecule has 1 fully saturated rings. The summed E-state index contributed by atoms with van der Waals surface area (Å²) in [6, 6.07) is 0. The van der Waals surface area contributed by atoms with Crippen molar-refractivity contribution in [1.82, 2.24) is 0 Å². The Hall–Kier alpha value is -0.120. The molecule has 0 aliphatic carbocycles. The van der Waals surface area contributed by atoms with E-state index in [0.29, 0.717) is 18.6 Å². The van der Waals surface area contributed by atoms with Crippen LogP contribution in [0.5, 0.6) is 0 Å². The summed E-state index contributed by atoms with van der Waals surface area (Å²) in [5, 5.41) is 0.